The van der Waals surface area contributed by atoms with Crippen LogP contribution in [0, 0.1) is 0 Å². The zero-order valence-corrected chi connectivity index (χ0v) is 14.7. The quantitative estimate of drug-likeness (QED) is 0.727. The SMILES string of the molecule is CCCCN1C(=O)C(c2ccccc2)Oc2ccc(C(=O)CC)cc21. The number of carbonyl (C=O) groups excluding carboxylic acids is 2. The number of Topliss-reactive ketones (excluding diaryl/α,β-unsaturated/α-hetero) is 1. The van der Waals surface area contributed by atoms with Gasteiger partial charge < -0.3 is 9.64 Å². The van der Waals surface area contributed by atoms with Crippen LogP contribution in [0.15, 0.2) is 48.5 Å². The van der Waals surface area contributed by atoms with Crippen molar-refractivity contribution in [2.75, 3.05) is 11.4 Å². The highest BCUT2D eigenvalue weighted by Gasteiger charge is 2.35. The van der Waals surface area contributed by atoms with Crippen molar-refractivity contribution in [3.8, 4) is 5.75 Å². The fraction of sp³-hybridized carbons (Fsp3) is 0.333. The maximum Gasteiger partial charge on any atom is 0.272 e. The van der Waals surface area contributed by atoms with Crippen LogP contribution in [0.4, 0.5) is 5.69 Å². The van der Waals surface area contributed by atoms with Gasteiger partial charge in [0, 0.05) is 24.1 Å². The van der Waals surface area contributed by atoms with E-state index in [4.69, 9.17) is 4.74 Å². The molecule has 0 saturated carbocycles. The van der Waals surface area contributed by atoms with E-state index >= 15 is 0 Å². The van der Waals surface area contributed by atoms with Crippen molar-refractivity contribution in [2.24, 2.45) is 0 Å². The van der Waals surface area contributed by atoms with Gasteiger partial charge in [-0.05, 0) is 24.6 Å². The lowest BCUT2D eigenvalue weighted by Crippen LogP contribution is -2.41. The number of rotatable bonds is 6. The average Bonchev–Trinajstić information content (AvgIpc) is 2.66. The number of fused-ring (bicyclic) bond motifs is 1. The molecule has 0 radical (unpaired) electrons. The van der Waals surface area contributed by atoms with E-state index in [1.165, 1.54) is 0 Å². The predicted molar refractivity (Wildman–Crippen MR) is 98.1 cm³/mol. The predicted octanol–water partition coefficient (Wildman–Crippen LogP) is 4.55. The Hall–Kier alpha value is -2.62. The van der Waals surface area contributed by atoms with Gasteiger partial charge in [-0.2, -0.15) is 0 Å². The summed E-state index contributed by atoms with van der Waals surface area (Å²) in [6, 6.07) is 14.9. The summed E-state index contributed by atoms with van der Waals surface area (Å²) in [6.45, 7) is 4.56. The monoisotopic (exact) mass is 337 g/mol. The molecule has 2 aromatic rings. The molecule has 4 nitrogen and oxygen atoms in total. The van der Waals surface area contributed by atoms with Crippen molar-refractivity contribution in [3.05, 3.63) is 59.7 Å². The Kier molecular flexibility index (Phi) is 5.17. The minimum Gasteiger partial charge on any atom is -0.474 e. The molecule has 0 fully saturated rings. The third-order valence-corrected chi connectivity index (χ3v) is 4.47. The highest BCUT2D eigenvalue weighted by Crippen LogP contribution is 2.39. The fourth-order valence-corrected chi connectivity index (χ4v) is 3.03. The van der Waals surface area contributed by atoms with E-state index in [1.54, 1.807) is 23.1 Å². The van der Waals surface area contributed by atoms with Crippen LogP contribution in [0.1, 0.15) is 55.1 Å². The van der Waals surface area contributed by atoms with Crippen LogP contribution in [-0.4, -0.2) is 18.2 Å². The van der Waals surface area contributed by atoms with Crippen LogP contribution in [0.5, 0.6) is 5.75 Å². The van der Waals surface area contributed by atoms with Gasteiger partial charge in [-0.3, -0.25) is 9.59 Å². The number of ether oxygens (including phenoxy) is 1. The van der Waals surface area contributed by atoms with Gasteiger partial charge in [0.25, 0.3) is 5.91 Å². The first-order valence-corrected chi connectivity index (χ1v) is 8.86. The van der Waals surface area contributed by atoms with Crippen LogP contribution in [0.2, 0.25) is 0 Å². The largest absolute Gasteiger partial charge is 0.474 e. The maximum absolute atomic E-state index is 13.1. The van der Waals surface area contributed by atoms with Gasteiger partial charge in [-0.25, -0.2) is 0 Å². The van der Waals surface area contributed by atoms with Gasteiger partial charge in [0.15, 0.2) is 5.78 Å². The summed E-state index contributed by atoms with van der Waals surface area (Å²) in [5.41, 5.74) is 2.16. The van der Waals surface area contributed by atoms with Crippen LogP contribution in [0.3, 0.4) is 0 Å². The molecule has 1 aliphatic heterocycles. The molecule has 0 bridgehead atoms. The fourth-order valence-electron chi connectivity index (χ4n) is 3.03. The molecule has 0 aromatic heterocycles. The Morgan fingerprint density at radius 1 is 1.12 bits per heavy atom. The standard InChI is InChI=1S/C21H23NO3/c1-3-5-13-22-17-14-16(18(23)4-2)11-12-19(17)25-20(21(22)24)15-9-7-6-8-10-15/h6-12,14,20H,3-5,13H2,1-2H3. The van der Waals surface area contributed by atoms with Crippen LogP contribution in [-0.2, 0) is 4.79 Å². The molecule has 2 aromatic carbocycles. The van der Waals surface area contributed by atoms with Crippen molar-refractivity contribution < 1.29 is 14.3 Å². The highest BCUT2D eigenvalue weighted by atomic mass is 16.5. The van der Waals surface area contributed by atoms with Crippen molar-refractivity contribution >= 4 is 17.4 Å². The number of benzene rings is 2. The number of amides is 1. The molecule has 0 spiro atoms. The van der Waals surface area contributed by atoms with Gasteiger partial charge >= 0.3 is 0 Å². The third kappa shape index (κ3) is 3.43. The van der Waals surface area contributed by atoms with E-state index in [0.29, 0.717) is 30.0 Å². The Bertz CT molecular complexity index is 770. The number of nitrogens with zero attached hydrogens (tertiary/aromatic N) is 1. The molecular formula is C21H23NO3. The van der Waals surface area contributed by atoms with E-state index in [2.05, 4.69) is 6.92 Å². The lowest BCUT2D eigenvalue weighted by molar-refractivity contribution is -0.126. The molecule has 0 aliphatic carbocycles. The molecule has 1 atom stereocenters. The Morgan fingerprint density at radius 3 is 2.56 bits per heavy atom. The summed E-state index contributed by atoms with van der Waals surface area (Å²) in [7, 11) is 0. The summed E-state index contributed by atoms with van der Waals surface area (Å²) in [4.78, 5) is 26.9. The molecule has 1 unspecified atom stereocenters. The Morgan fingerprint density at radius 2 is 1.88 bits per heavy atom. The number of anilines is 1. The van der Waals surface area contributed by atoms with Crippen molar-refractivity contribution in [1.82, 2.24) is 0 Å². The summed E-state index contributed by atoms with van der Waals surface area (Å²) in [5, 5.41) is 0. The zero-order chi connectivity index (χ0) is 17.8. The second-order valence-corrected chi connectivity index (χ2v) is 6.21. The number of carbonyl (C=O) groups is 2. The van der Waals surface area contributed by atoms with E-state index in [-0.39, 0.29) is 11.7 Å². The summed E-state index contributed by atoms with van der Waals surface area (Å²) < 4.78 is 6.01. The zero-order valence-electron chi connectivity index (χ0n) is 14.7. The molecule has 4 heteroatoms. The number of ketones is 1. The highest BCUT2D eigenvalue weighted by molar-refractivity contribution is 6.03. The molecule has 130 valence electrons. The summed E-state index contributed by atoms with van der Waals surface area (Å²) >= 11 is 0. The van der Waals surface area contributed by atoms with Crippen LogP contribution >= 0.6 is 0 Å². The maximum atomic E-state index is 13.1. The van der Waals surface area contributed by atoms with Gasteiger partial charge in [0.05, 0.1) is 5.69 Å². The molecule has 25 heavy (non-hydrogen) atoms. The second-order valence-electron chi connectivity index (χ2n) is 6.21. The molecule has 1 aliphatic rings. The smallest absolute Gasteiger partial charge is 0.272 e. The Labute approximate surface area is 148 Å². The summed E-state index contributed by atoms with van der Waals surface area (Å²) in [6.07, 6.45) is 1.69. The first-order chi connectivity index (χ1) is 12.2. The van der Waals surface area contributed by atoms with Crippen molar-refractivity contribution in [2.45, 2.75) is 39.2 Å². The molecule has 3 rings (SSSR count). The van der Waals surface area contributed by atoms with Gasteiger partial charge in [-0.15, -0.1) is 0 Å². The minimum atomic E-state index is -0.640. The minimum absolute atomic E-state index is 0.0656. The lowest BCUT2D eigenvalue weighted by Gasteiger charge is -2.35. The van der Waals surface area contributed by atoms with Gasteiger partial charge in [-0.1, -0.05) is 50.6 Å². The molecule has 0 N–H and O–H groups in total. The normalized spacial score (nSPS) is 16.3. The number of unbranched alkanes of at least 4 members (excludes halogenated alkanes) is 1. The van der Waals surface area contributed by atoms with Crippen molar-refractivity contribution in [3.63, 3.8) is 0 Å². The summed E-state index contributed by atoms with van der Waals surface area (Å²) in [5.74, 6) is 0.640. The molecule has 1 amide bonds. The van der Waals surface area contributed by atoms with E-state index in [1.807, 2.05) is 37.3 Å². The van der Waals surface area contributed by atoms with Gasteiger partial charge in [0.1, 0.15) is 5.75 Å². The first-order valence-electron chi connectivity index (χ1n) is 8.86. The number of hydrogen-bond donors (Lipinski definition) is 0. The third-order valence-electron chi connectivity index (χ3n) is 4.47. The Balaban J connectivity index is 2.02. The molecule has 0 saturated heterocycles. The first kappa shape index (κ1) is 17.2. The van der Waals surface area contributed by atoms with Gasteiger partial charge in [0.2, 0.25) is 6.10 Å². The average molecular weight is 337 g/mol. The second kappa shape index (κ2) is 7.51. The van der Waals surface area contributed by atoms with E-state index < -0.39 is 6.10 Å². The molecule has 1 heterocycles. The van der Waals surface area contributed by atoms with Crippen LogP contribution < -0.4 is 9.64 Å². The van der Waals surface area contributed by atoms with Crippen LogP contribution in [0.25, 0.3) is 0 Å². The topological polar surface area (TPSA) is 46.6 Å². The van der Waals surface area contributed by atoms with Crippen molar-refractivity contribution in [1.29, 1.82) is 0 Å². The lowest BCUT2D eigenvalue weighted by atomic mass is 10.0. The van der Waals surface area contributed by atoms with E-state index in [0.717, 1.165) is 18.4 Å². The molecular weight excluding hydrogens is 314 g/mol. The van der Waals surface area contributed by atoms with E-state index in [9.17, 15) is 9.59 Å². The number of hydrogen-bond acceptors (Lipinski definition) is 3.